The molecule has 0 bridgehead atoms. The third-order valence-corrected chi connectivity index (χ3v) is 4.18. The predicted octanol–water partition coefficient (Wildman–Crippen LogP) is 3.05. The number of para-hydroxylation sites is 1. The molecule has 0 aliphatic carbocycles. The fourth-order valence-corrected chi connectivity index (χ4v) is 3.14. The molecule has 2 N–H and O–H groups in total. The Balaban J connectivity index is 1.90. The van der Waals surface area contributed by atoms with E-state index < -0.39 is 0 Å². The van der Waals surface area contributed by atoms with Crippen LogP contribution in [0.4, 0.5) is 5.82 Å². The van der Waals surface area contributed by atoms with Crippen LogP contribution in [-0.4, -0.2) is 19.7 Å². The maximum atomic E-state index is 5.92. The molecular formula is C13H11Br2N5O. The molecule has 108 valence electrons. The number of rotatable bonds is 3. The average Bonchev–Trinajstić information content (AvgIpc) is 2.81. The summed E-state index contributed by atoms with van der Waals surface area (Å²) in [5, 5.41) is 4.86. The van der Waals surface area contributed by atoms with Crippen LogP contribution in [0, 0.1) is 0 Å². The summed E-state index contributed by atoms with van der Waals surface area (Å²) in [7, 11) is 1.81. The van der Waals surface area contributed by atoms with Gasteiger partial charge in [0.2, 0.25) is 0 Å². The van der Waals surface area contributed by atoms with Gasteiger partial charge in [-0.25, -0.2) is 9.97 Å². The van der Waals surface area contributed by atoms with Crippen LogP contribution in [0.15, 0.2) is 33.3 Å². The zero-order valence-electron chi connectivity index (χ0n) is 11.0. The van der Waals surface area contributed by atoms with Gasteiger partial charge in [0.05, 0.1) is 20.5 Å². The second-order valence-corrected chi connectivity index (χ2v) is 6.08. The molecular weight excluding hydrogens is 402 g/mol. The molecule has 0 unspecified atom stereocenters. The molecule has 2 aromatic heterocycles. The zero-order chi connectivity index (χ0) is 15.0. The maximum Gasteiger partial charge on any atom is 0.170 e. The molecule has 6 nitrogen and oxygen atoms in total. The van der Waals surface area contributed by atoms with Gasteiger partial charge in [-0.3, -0.25) is 4.68 Å². The number of aryl methyl sites for hydroxylation is 1. The lowest BCUT2D eigenvalue weighted by atomic mass is 10.3. The first-order chi connectivity index (χ1) is 10.1. The van der Waals surface area contributed by atoms with Gasteiger partial charge >= 0.3 is 0 Å². The zero-order valence-corrected chi connectivity index (χ0v) is 14.2. The Morgan fingerprint density at radius 1 is 1.24 bits per heavy atom. The van der Waals surface area contributed by atoms with Crippen LogP contribution in [0.3, 0.4) is 0 Å². The van der Waals surface area contributed by atoms with Gasteiger partial charge in [0, 0.05) is 7.05 Å². The van der Waals surface area contributed by atoms with E-state index in [4.69, 9.17) is 10.5 Å². The lowest BCUT2D eigenvalue weighted by Gasteiger charge is -2.09. The quantitative estimate of drug-likeness (QED) is 0.715. The molecule has 3 aromatic rings. The minimum absolute atomic E-state index is 0.215. The second-order valence-electron chi connectivity index (χ2n) is 4.37. The fraction of sp³-hybridized carbons (Fsp3) is 0.154. The average molecular weight is 413 g/mol. The van der Waals surface area contributed by atoms with E-state index in [0.717, 1.165) is 14.3 Å². The topological polar surface area (TPSA) is 78.9 Å². The first kappa shape index (κ1) is 14.3. The molecule has 1 aromatic carbocycles. The number of nitrogen functional groups attached to an aromatic ring is 1. The van der Waals surface area contributed by atoms with Gasteiger partial charge < -0.3 is 10.5 Å². The van der Waals surface area contributed by atoms with Crippen LogP contribution in [0.25, 0.3) is 11.0 Å². The Hall–Kier alpha value is -1.67. The summed E-state index contributed by atoms with van der Waals surface area (Å²) < 4.78 is 9.13. The Labute approximate surface area is 137 Å². The lowest BCUT2D eigenvalue weighted by molar-refractivity contribution is 0.292. The second kappa shape index (κ2) is 5.61. The fourth-order valence-electron chi connectivity index (χ4n) is 1.91. The highest BCUT2D eigenvalue weighted by Crippen LogP contribution is 2.33. The molecule has 0 spiro atoms. The number of anilines is 1. The highest BCUT2D eigenvalue weighted by Gasteiger charge is 2.11. The summed E-state index contributed by atoms with van der Waals surface area (Å²) in [6.45, 7) is 0.215. The Kier molecular flexibility index (Phi) is 3.81. The largest absolute Gasteiger partial charge is 0.483 e. The van der Waals surface area contributed by atoms with Crippen molar-refractivity contribution in [3.05, 3.63) is 39.2 Å². The Morgan fingerprint density at radius 2 is 1.95 bits per heavy atom. The minimum atomic E-state index is 0.215. The summed E-state index contributed by atoms with van der Waals surface area (Å²) in [5.74, 6) is 1.61. The highest BCUT2D eigenvalue weighted by atomic mass is 79.9. The predicted molar refractivity (Wildman–Crippen MR) is 86.9 cm³/mol. The molecule has 2 heterocycles. The summed E-state index contributed by atoms with van der Waals surface area (Å²) in [4.78, 5) is 8.67. The molecule has 21 heavy (non-hydrogen) atoms. The third-order valence-electron chi connectivity index (χ3n) is 2.93. The van der Waals surface area contributed by atoms with Crippen molar-refractivity contribution in [2.75, 3.05) is 5.73 Å². The first-order valence-corrected chi connectivity index (χ1v) is 7.66. The number of halogens is 2. The van der Waals surface area contributed by atoms with Crippen molar-refractivity contribution >= 4 is 48.7 Å². The normalized spacial score (nSPS) is 11.0. The molecule has 0 radical (unpaired) electrons. The van der Waals surface area contributed by atoms with E-state index >= 15 is 0 Å². The smallest absolute Gasteiger partial charge is 0.170 e. The number of hydrogen-bond acceptors (Lipinski definition) is 5. The number of benzene rings is 1. The minimum Gasteiger partial charge on any atom is -0.483 e. The number of ether oxygens (including phenoxy) is 1. The van der Waals surface area contributed by atoms with E-state index in [9.17, 15) is 0 Å². The molecule has 0 saturated heterocycles. The highest BCUT2D eigenvalue weighted by molar-refractivity contribution is 9.11. The van der Waals surface area contributed by atoms with Crippen molar-refractivity contribution in [3.8, 4) is 5.75 Å². The van der Waals surface area contributed by atoms with Gasteiger partial charge in [-0.05, 0) is 44.0 Å². The third kappa shape index (κ3) is 2.73. The molecule has 8 heteroatoms. The van der Waals surface area contributed by atoms with Gasteiger partial charge in [-0.15, -0.1) is 0 Å². The number of aromatic nitrogens is 4. The van der Waals surface area contributed by atoms with E-state index in [2.05, 4.69) is 46.9 Å². The Morgan fingerprint density at radius 3 is 2.67 bits per heavy atom. The van der Waals surface area contributed by atoms with Crippen molar-refractivity contribution in [3.63, 3.8) is 0 Å². The van der Waals surface area contributed by atoms with Crippen molar-refractivity contribution < 1.29 is 4.74 Å². The van der Waals surface area contributed by atoms with Gasteiger partial charge in [0.15, 0.2) is 11.5 Å². The van der Waals surface area contributed by atoms with E-state index in [-0.39, 0.29) is 6.61 Å². The molecule has 0 atom stereocenters. The molecule has 0 amide bonds. The molecule has 0 fully saturated rings. The van der Waals surface area contributed by atoms with Crippen molar-refractivity contribution in [2.45, 2.75) is 6.61 Å². The summed E-state index contributed by atoms with van der Waals surface area (Å²) in [6.07, 6.45) is 1.65. The van der Waals surface area contributed by atoms with Crippen LogP contribution in [0.2, 0.25) is 0 Å². The molecule has 3 rings (SSSR count). The van der Waals surface area contributed by atoms with E-state index in [1.807, 2.05) is 25.2 Å². The van der Waals surface area contributed by atoms with Crippen molar-refractivity contribution in [2.24, 2.45) is 7.05 Å². The summed E-state index contributed by atoms with van der Waals surface area (Å²) in [5.41, 5.74) is 6.61. The van der Waals surface area contributed by atoms with Crippen molar-refractivity contribution in [1.82, 2.24) is 19.7 Å². The van der Waals surface area contributed by atoms with E-state index in [1.54, 1.807) is 10.9 Å². The SMILES string of the molecule is Cn1ncc2c(N)nc(COc3c(Br)cccc3Br)nc21. The van der Waals surface area contributed by atoms with E-state index in [1.165, 1.54) is 0 Å². The standard InChI is InChI=1S/C13H11Br2N5O/c1-20-13-7(5-17-20)12(16)18-10(19-13)6-21-11-8(14)3-2-4-9(11)15/h2-5H,6H2,1H3,(H2,16,18,19). The van der Waals surface area contributed by atoms with Crippen LogP contribution in [0.1, 0.15) is 5.82 Å². The van der Waals surface area contributed by atoms with E-state index in [0.29, 0.717) is 23.0 Å². The van der Waals surface area contributed by atoms with Crippen LogP contribution < -0.4 is 10.5 Å². The maximum absolute atomic E-state index is 5.92. The number of nitrogens with two attached hydrogens (primary N) is 1. The van der Waals surface area contributed by atoms with Crippen molar-refractivity contribution in [1.29, 1.82) is 0 Å². The summed E-state index contributed by atoms with van der Waals surface area (Å²) >= 11 is 6.89. The van der Waals surface area contributed by atoms with Crippen LogP contribution in [-0.2, 0) is 13.7 Å². The van der Waals surface area contributed by atoms with Crippen LogP contribution >= 0.6 is 31.9 Å². The molecule has 0 aliphatic heterocycles. The lowest BCUT2D eigenvalue weighted by Crippen LogP contribution is -2.06. The summed E-state index contributed by atoms with van der Waals surface area (Å²) in [6, 6.07) is 5.72. The van der Waals surface area contributed by atoms with Gasteiger partial charge in [0.1, 0.15) is 18.2 Å². The van der Waals surface area contributed by atoms with Crippen LogP contribution in [0.5, 0.6) is 5.75 Å². The molecule has 0 aliphatic rings. The first-order valence-electron chi connectivity index (χ1n) is 6.07. The van der Waals surface area contributed by atoms with Gasteiger partial charge in [-0.1, -0.05) is 6.07 Å². The monoisotopic (exact) mass is 411 g/mol. The number of fused-ring (bicyclic) bond motifs is 1. The van der Waals surface area contributed by atoms with Gasteiger partial charge in [0.25, 0.3) is 0 Å². The number of hydrogen-bond donors (Lipinski definition) is 1. The number of nitrogens with zero attached hydrogens (tertiary/aromatic N) is 4. The Bertz CT molecular complexity index is 797. The van der Waals surface area contributed by atoms with Gasteiger partial charge in [-0.2, -0.15) is 5.10 Å². The molecule has 0 saturated carbocycles.